The maximum absolute atomic E-state index is 13.8. The van der Waals surface area contributed by atoms with Crippen molar-refractivity contribution in [2.24, 2.45) is 0 Å². The van der Waals surface area contributed by atoms with E-state index < -0.39 is 11.7 Å². The summed E-state index contributed by atoms with van der Waals surface area (Å²) in [5.41, 5.74) is 1.81. The smallest absolute Gasteiger partial charge is 0.302 e. The van der Waals surface area contributed by atoms with E-state index >= 15 is 0 Å². The third-order valence-corrected chi connectivity index (χ3v) is 3.68. The molecule has 0 unspecified atom stereocenters. The Kier molecular flexibility index (Phi) is 3.98. The molecule has 1 amide bonds. The minimum absolute atomic E-state index is 0.0599. The standard InChI is InChI=1S/C18H12FN5O2/c19-13-9-5-4-8-12(13)14-10-26-18(20-14)21-17(25)16-15(22-24-23-16)11-6-2-1-3-7-11/h1-10H,(H,20,21,25)(H,22,23,24). The first-order chi connectivity index (χ1) is 12.7. The molecular formula is C18H12FN5O2. The summed E-state index contributed by atoms with van der Waals surface area (Å²) < 4.78 is 19.0. The number of carbonyl (C=O) groups is 1. The van der Waals surface area contributed by atoms with Crippen LogP contribution in [0, 0.1) is 5.82 Å². The van der Waals surface area contributed by atoms with E-state index in [1.54, 1.807) is 18.2 Å². The molecule has 7 nitrogen and oxygen atoms in total. The van der Waals surface area contributed by atoms with Gasteiger partial charge in [0.05, 0.1) is 0 Å². The minimum atomic E-state index is -0.542. The van der Waals surface area contributed by atoms with E-state index in [1.807, 2.05) is 30.3 Å². The fourth-order valence-electron chi connectivity index (χ4n) is 2.47. The van der Waals surface area contributed by atoms with Gasteiger partial charge in [0, 0.05) is 11.1 Å². The molecule has 0 aliphatic carbocycles. The van der Waals surface area contributed by atoms with E-state index in [0.29, 0.717) is 5.69 Å². The average Bonchev–Trinajstić information content (AvgIpc) is 3.32. The van der Waals surface area contributed by atoms with Gasteiger partial charge in [-0.2, -0.15) is 20.4 Å². The summed E-state index contributed by atoms with van der Waals surface area (Å²) in [5, 5.41) is 12.8. The van der Waals surface area contributed by atoms with Crippen molar-refractivity contribution in [2.75, 3.05) is 5.32 Å². The lowest BCUT2D eigenvalue weighted by atomic mass is 10.1. The van der Waals surface area contributed by atoms with Gasteiger partial charge in [0.15, 0.2) is 5.69 Å². The van der Waals surface area contributed by atoms with Crippen LogP contribution in [-0.4, -0.2) is 26.3 Å². The van der Waals surface area contributed by atoms with Crippen molar-refractivity contribution in [3.63, 3.8) is 0 Å². The molecule has 0 spiro atoms. The monoisotopic (exact) mass is 349 g/mol. The van der Waals surface area contributed by atoms with E-state index in [-0.39, 0.29) is 23.0 Å². The van der Waals surface area contributed by atoms with Crippen LogP contribution < -0.4 is 5.32 Å². The van der Waals surface area contributed by atoms with E-state index in [0.717, 1.165) is 5.56 Å². The van der Waals surface area contributed by atoms with Gasteiger partial charge in [-0.15, -0.1) is 0 Å². The SMILES string of the molecule is O=C(Nc1nc(-c2ccccc2F)co1)c1n[nH]nc1-c1ccccc1. The van der Waals surface area contributed by atoms with Crippen LogP contribution >= 0.6 is 0 Å². The molecule has 0 bridgehead atoms. The van der Waals surface area contributed by atoms with Crippen LogP contribution in [-0.2, 0) is 0 Å². The molecule has 2 aromatic carbocycles. The van der Waals surface area contributed by atoms with Gasteiger partial charge < -0.3 is 4.42 Å². The summed E-state index contributed by atoms with van der Waals surface area (Å²) in [4.78, 5) is 16.6. The number of H-pyrrole nitrogens is 1. The average molecular weight is 349 g/mol. The van der Waals surface area contributed by atoms with Crippen molar-refractivity contribution in [3.8, 4) is 22.5 Å². The number of anilines is 1. The van der Waals surface area contributed by atoms with E-state index in [2.05, 4.69) is 25.7 Å². The summed E-state index contributed by atoms with van der Waals surface area (Å²) in [7, 11) is 0. The molecule has 4 rings (SSSR count). The number of nitrogens with one attached hydrogen (secondary N) is 2. The van der Waals surface area contributed by atoms with E-state index in [4.69, 9.17) is 4.42 Å². The predicted molar refractivity (Wildman–Crippen MR) is 91.7 cm³/mol. The highest BCUT2D eigenvalue weighted by Gasteiger charge is 2.20. The number of hydrogen-bond donors (Lipinski definition) is 2. The maximum Gasteiger partial charge on any atom is 0.302 e. The Morgan fingerprint density at radius 2 is 1.81 bits per heavy atom. The van der Waals surface area contributed by atoms with Crippen LogP contribution in [0.2, 0.25) is 0 Å². The van der Waals surface area contributed by atoms with Crippen molar-refractivity contribution < 1.29 is 13.6 Å². The molecule has 0 aliphatic heterocycles. The highest BCUT2D eigenvalue weighted by molar-refractivity contribution is 6.05. The first-order valence-corrected chi connectivity index (χ1v) is 7.70. The Hall–Kier alpha value is -3.81. The van der Waals surface area contributed by atoms with E-state index in [1.165, 1.54) is 12.3 Å². The molecule has 128 valence electrons. The van der Waals surface area contributed by atoms with Crippen molar-refractivity contribution in [1.82, 2.24) is 20.4 Å². The van der Waals surface area contributed by atoms with Crippen LogP contribution in [0.1, 0.15) is 10.5 Å². The van der Waals surface area contributed by atoms with Crippen molar-refractivity contribution in [3.05, 3.63) is 72.4 Å². The third-order valence-electron chi connectivity index (χ3n) is 3.68. The molecule has 2 aromatic heterocycles. The second-order valence-electron chi connectivity index (χ2n) is 5.36. The number of benzene rings is 2. The molecule has 4 aromatic rings. The first-order valence-electron chi connectivity index (χ1n) is 7.70. The van der Waals surface area contributed by atoms with Gasteiger partial charge >= 0.3 is 6.01 Å². The summed E-state index contributed by atoms with van der Waals surface area (Å²) in [5.74, 6) is -0.971. The van der Waals surface area contributed by atoms with Crippen molar-refractivity contribution in [1.29, 1.82) is 0 Å². The fourth-order valence-corrected chi connectivity index (χ4v) is 2.47. The van der Waals surface area contributed by atoms with Gasteiger partial charge in [-0.25, -0.2) is 4.39 Å². The molecule has 2 N–H and O–H groups in total. The lowest BCUT2D eigenvalue weighted by molar-refractivity contribution is 0.102. The number of rotatable bonds is 4. The van der Waals surface area contributed by atoms with Gasteiger partial charge in [-0.3, -0.25) is 10.1 Å². The zero-order valence-corrected chi connectivity index (χ0v) is 13.3. The Morgan fingerprint density at radius 3 is 2.62 bits per heavy atom. The zero-order valence-electron chi connectivity index (χ0n) is 13.3. The number of hydrogen-bond acceptors (Lipinski definition) is 5. The number of nitrogens with zero attached hydrogens (tertiary/aromatic N) is 3. The number of halogens is 1. The molecule has 0 saturated carbocycles. The van der Waals surface area contributed by atoms with Crippen LogP contribution in [0.5, 0.6) is 0 Å². The Bertz CT molecular complexity index is 1060. The minimum Gasteiger partial charge on any atom is -0.431 e. The van der Waals surface area contributed by atoms with Crippen LogP contribution in [0.25, 0.3) is 22.5 Å². The molecular weight excluding hydrogens is 337 g/mol. The zero-order chi connectivity index (χ0) is 17.9. The normalized spacial score (nSPS) is 10.7. The summed E-state index contributed by atoms with van der Waals surface area (Å²) in [6.07, 6.45) is 1.27. The van der Waals surface area contributed by atoms with Crippen molar-refractivity contribution >= 4 is 11.9 Å². The molecule has 8 heteroatoms. The summed E-state index contributed by atoms with van der Waals surface area (Å²) in [6.45, 7) is 0. The molecule has 0 radical (unpaired) electrons. The van der Waals surface area contributed by atoms with E-state index in [9.17, 15) is 9.18 Å². The highest BCUT2D eigenvalue weighted by Crippen LogP contribution is 2.24. The second kappa shape index (κ2) is 6.60. The van der Waals surface area contributed by atoms with Crippen molar-refractivity contribution in [2.45, 2.75) is 0 Å². The number of oxazole rings is 1. The van der Waals surface area contributed by atoms with Crippen LogP contribution in [0.15, 0.2) is 65.3 Å². The van der Waals surface area contributed by atoms with Gasteiger partial charge in [0.25, 0.3) is 5.91 Å². The molecule has 26 heavy (non-hydrogen) atoms. The van der Waals surface area contributed by atoms with Crippen LogP contribution in [0.4, 0.5) is 10.4 Å². The highest BCUT2D eigenvalue weighted by atomic mass is 19.1. The topological polar surface area (TPSA) is 96.7 Å². The molecule has 0 aliphatic rings. The molecule has 0 saturated heterocycles. The van der Waals surface area contributed by atoms with Gasteiger partial charge in [-0.1, -0.05) is 42.5 Å². The number of amides is 1. The Labute approximate surface area is 146 Å². The number of aromatic nitrogens is 4. The Balaban J connectivity index is 1.57. The third kappa shape index (κ3) is 2.95. The lowest BCUT2D eigenvalue weighted by Crippen LogP contribution is -2.14. The number of aromatic amines is 1. The first kappa shape index (κ1) is 15.7. The molecule has 0 atom stereocenters. The molecule has 2 heterocycles. The largest absolute Gasteiger partial charge is 0.431 e. The van der Waals surface area contributed by atoms with Gasteiger partial charge in [0.2, 0.25) is 0 Å². The predicted octanol–water partition coefficient (Wildman–Crippen LogP) is 3.52. The van der Waals surface area contributed by atoms with Gasteiger partial charge in [-0.05, 0) is 12.1 Å². The Morgan fingerprint density at radius 1 is 1.04 bits per heavy atom. The summed E-state index contributed by atoms with van der Waals surface area (Å²) >= 11 is 0. The summed E-state index contributed by atoms with van der Waals surface area (Å²) in [6, 6.07) is 15.3. The second-order valence-corrected chi connectivity index (χ2v) is 5.36. The molecule has 0 fully saturated rings. The number of carbonyl (C=O) groups excluding carboxylic acids is 1. The maximum atomic E-state index is 13.8. The van der Waals surface area contributed by atoms with Crippen LogP contribution in [0.3, 0.4) is 0 Å². The quantitative estimate of drug-likeness (QED) is 0.587. The fraction of sp³-hybridized carbons (Fsp3) is 0. The van der Waals surface area contributed by atoms with Gasteiger partial charge in [0.1, 0.15) is 23.5 Å². The lowest BCUT2D eigenvalue weighted by Gasteiger charge is -2.00.